The number of aryl methyl sites for hydroxylation is 2. The number of imidazole rings is 1. The molecule has 1 amide bonds. The van der Waals surface area contributed by atoms with Crippen molar-refractivity contribution in [3.8, 4) is 5.88 Å². The summed E-state index contributed by atoms with van der Waals surface area (Å²) in [5.41, 5.74) is 8.05. The van der Waals surface area contributed by atoms with Gasteiger partial charge in [0.25, 0.3) is 5.91 Å². The predicted octanol–water partition coefficient (Wildman–Crippen LogP) is 1.37. The van der Waals surface area contributed by atoms with Crippen LogP contribution in [0.15, 0.2) is 18.6 Å². The van der Waals surface area contributed by atoms with E-state index in [0.29, 0.717) is 18.1 Å². The van der Waals surface area contributed by atoms with E-state index in [1.807, 2.05) is 24.4 Å². The van der Waals surface area contributed by atoms with Gasteiger partial charge in [-0.25, -0.2) is 15.0 Å². The summed E-state index contributed by atoms with van der Waals surface area (Å²) in [4.78, 5) is 29.0. The Morgan fingerprint density at radius 3 is 2.83 bits per heavy atom. The highest BCUT2D eigenvalue weighted by Crippen LogP contribution is 2.18. The van der Waals surface area contributed by atoms with Crippen molar-refractivity contribution in [3.63, 3.8) is 0 Å². The third-order valence-corrected chi connectivity index (χ3v) is 3.27. The van der Waals surface area contributed by atoms with Crippen LogP contribution in [0.3, 0.4) is 0 Å². The molecule has 0 saturated carbocycles. The maximum atomic E-state index is 12.5. The second-order valence-electron chi connectivity index (χ2n) is 5.16. The first-order valence-electron chi connectivity index (χ1n) is 7.37. The minimum Gasteiger partial charge on any atom is -0.477 e. The quantitative estimate of drug-likeness (QED) is 0.742. The Labute approximate surface area is 137 Å². The standard InChI is InChI=1S/C15H17N7O2/c1-4-24-14-10(5-17-15(16)21-14)13(23)20-11-7-22-6-8(2)18-12(22)9(3)19-11/h5-7H,4H2,1-3H3,(H,20,23)(H2,16,17,21). The fraction of sp³-hybridized carbons (Fsp3) is 0.267. The van der Waals surface area contributed by atoms with Gasteiger partial charge in [-0.15, -0.1) is 0 Å². The zero-order chi connectivity index (χ0) is 17.3. The lowest BCUT2D eigenvalue weighted by molar-refractivity contribution is 0.102. The van der Waals surface area contributed by atoms with Crippen LogP contribution < -0.4 is 15.8 Å². The highest BCUT2D eigenvalue weighted by molar-refractivity contribution is 6.05. The number of aromatic nitrogens is 5. The number of ether oxygens (including phenoxy) is 1. The van der Waals surface area contributed by atoms with E-state index in [0.717, 1.165) is 11.3 Å². The molecule has 0 unspecified atom stereocenters. The van der Waals surface area contributed by atoms with Crippen LogP contribution in [0.25, 0.3) is 5.65 Å². The van der Waals surface area contributed by atoms with Crippen molar-refractivity contribution in [1.82, 2.24) is 24.3 Å². The van der Waals surface area contributed by atoms with Gasteiger partial charge >= 0.3 is 0 Å². The zero-order valence-electron chi connectivity index (χ0n) is 13.6. The van der Waals surface area contributed by atoms with E-state index < -0.39 is 5.91 Å². The molecule has 0 saturated heterocycles. The number of nitrogen functional groups attached to an aromatic ring is 1. The van der Waals surface area contributed by atoms with Gasteiger partial charge in [-0.1, -0.05) is 0 Å². The topological polar surface area (TPSA) is 120 Å². The fourth-order valence-corrected chi connectivity index (χ4v) is 2.30. The first kappa shape index (κ1) is 15.7. The third-order valence-electron chi connectivity index (χ3n) is 3.27. The summed E-state index contributed by atoms with van der Waals surface area (Å²) < 4.78 is 7.16. The van der Waals surface area contributed by atoms with Crippen molar-refractivity contribution in [1.29, 1.82) is 0 Å². The predicted molar refractivity (Wildman–Crippen MR) is 88.0 cm³/mol. The van der Waals surface area contributed by atoms with Gasteiger partial charge in [0.1, 0.15) is 11.4 Å². The molecule has 3 aromatic heterocycles. The van der Waals surface area contributed by atoms with E-state index in [2.05, 4.69) is 25.3 Å². The third kappa shape index (κ3) is 2.96. The van der Waals surface area contributed by atoms with Gasteiger partial charge in [-0.05, 0) is 20.8 Å². The molecule has 0 spiro atoms. The molecule has 3 aromatic rings. The van der Waals surface area contributed by atoms with Crippen LogP contribution in [0.4, 0.5) is 11.8 Å². The molecule has 24 heavy (non-hydrogen) atoms. The summed E-state index contributed by atoms with van der Waals surface area (Å²) in [7, 11) is 0. The smallest absolute Gasteiger partial charge is 0.263 e. The molecule has 0 radical (unpaired) electrons. The second-order valence-corrected chi connectivity index (χ2v) is 5.16. The number of hydrogen-bond donors (Lipinski definition) is 2. The van der Waals surface area contributed by atoms with Gasteiger partial charge < -0.3 is 20.2 Å². The molecule has 3 N–H and O–H groups in total. The zero-order valence-corrected chi connectivity index (χ0v) is 13.6. The molecule has 0 aromatic carbocycles. The number of hydrogen-bond acceptors (Lipinski definition) is 7. The van der Waals surface area contributed by atoms with Crippen LogP contribution in [0.2, 0.25) is 0 Å². The first-order valence-corrected chi connectivity index (χ1v) is 7.37. The number of amides is 1. The summed E-state index contributed by atoms with van der Waals surface area (Å²) in [5.74, 6) is 0.140. The Morgan fingerprint density at radius 2 is 2.08 bits per heavy atom. The monoisotopic (exact) mass is 327 g/mol. The van der Waals surface area contributed by atoms with E-state index in [9.17, 15) is 4.79 Å². The summed E-state index contributed by atoms with van der Waals surface area (Å²) in [6.45, 7) is 5.87. The molecule has 3 rings (SSSR count). The molecule has 9 heteroatoms. The molecule has 0 aliphatic heterocycles. The summed E-state index contributed by atoms with van der Waals surface area (Å²) in [6.07, 6.45) is 4.88. The molecular weight excluding hydrogens is 310 g/mol. The van der Waals surface area contributed by atoms with Gasteiger partial charge in [-0.2, -0.15) is 4.98 Å². The summed E-state index contributed by atoms with van der Waals surface area (Å²) in [5, 5.41) is 2.72. The van der Waals surface area contributed by atoms with E-state index >= 15 is 0 Å². The SMILES string of the molecule is CCOc1nc(N)ncc1C(=O)Nc1cn2cc(C)nc2c(C)n1. The summed E-state index contributed by atoms with van der Waals surface area (Å²) in [6, 6.07) is 0. The van der Waals surface area contributed by atoms with Crippen LogP contribution in [0, 0.1) is 13.8 Å². The molecule has 3 heterocycles. The van der Waals surface area contributed by atoms with Crippen LogP contribution in [0.5, 0.6) is 5.88 Å². The summed E-state index contributed by atoms with van der Waals surface area (Å²) >= 11 is 0. The van der Waals surface area contributed by atoms with Gasteiger partial charge in [0.15, 0.2) is 5.65 Å². The Kier molecular flexibility index (Phi) is 3.98. The average Bonchev–Trinajstić information content (AvgIpc) is 2.88. The van der Waals surface area contributed by atoms with Gasteiger partial charge in [0.05, 0.1) is 24.2 Å². The number of nitrogens with two attached hydrogens (primary N) is 1. The second kappa shape index (κ2) is 6.11. The number of rotatable bonds is 4. The van der Waals surface area contributed by atoms with E-state index in [-0.39, 0.29) is 17.4 Å². The van der Waals surface area contributed by atoms with Gasteiger partial charge in [0.2, 0.25) is 11.8 Å². The number of nitrogens with one attached hydrogen (secondary N) is 1. The van der Waals surface area contributed by atoms with Crippen LogP contribution >= 0.6 is 0 Å². The molecule has 9 nitrogen and oxygen atoms in total. The lowest BCUT2D eigenvalue weighted by Crippen LogP contribution is -2.17. The number of carbonyl (C=O) groups excluding carboxylic acids is 1. The fourth-order valence-electron chi connectivity index (χ4n) is 2.30. The molecule has 0 atom stereocenters. The lowest BCUT2D eigenvalue weighted by Gasteiger charge is -2.10. The van der Waals surface area contributed by atoms with Gasteiger partial charge in [0, 0.05) is 12.4 Å². The maximum Gasteiger partial charge on any atom is 0.263 e. The Bertz CT molecular complexity index is 920. The Balaban J connectivity index is 1.92. The number of carbonyl (C=O) groups is 1. The van der Waals surface area contributed by atoms with Crippen molar-refractivity contribution >= 4 is 23.3 Å². The highest BCUT2D eigenvalue weighted by Gasteiger charge is 2.17. The highest BCUT2D eigenvalue weighted by atomic mass is 16.5. The number of nitrogens with zero attached hydrogens (tertiary/aromatic N) is 5. The first-order chi connectivity index (χ1) is 11.5. The number of fused-ring (bicyclic) bond motifs is 1. The van der Waals surface area contributed by atoms with Crippen LogP contribution in [0.1, 0.15) is 28.7 Å². The van der Waals surface area contributed by atoms with E-state index in [1.165, 1.54) is 6.20 Å². The van der Waals surface area contributed by atoms with Crippen molar-refractivity contribution in [2.24, 2.45) is 0 Å². The molecule has 0 fully saturated rings. The van der Waals surface area contributed by atoms with Crippen molar-refractivity contribution < 1.29 is 9.53 Å². The Hall–Kier alpha value is -3.23. The largest absolute Gasteiger partial charge is 0.477 e. The Morgan fingerprint density at radius 1 is 1.29 bits per heavy atom. The molecular formula is C15H17N7O2. The average molecular weight is 327 g/mol. The van der Waals surface area contributed by atoms with E-state index in [1.54, 1.807) is 13.1 Å². The normalized spacial score (nSPS) is 10.8. The maximum absolute atomic E-state index is 12.5. The van der Waals surface area contributed by atoms with E-state index in [4.69, 9.17) is 10.5 Å². The van der Waals surface area contributed by atoms with Crippen LogP contribution in [-0.2, 0) is 0 Å². The minimum atomic E-state index is -0.429. The molecule has 0 bridgehead atoms. The van der Waals surface area contributed by atoms with Crippen LogP contribution in [-0.4, -0.2) is 36.9 Å². The molecule has 124 valence electrons. The van der Waals surface area contributed by atoms with Crippen molar-refractivity contribution in [2.45, 2.75) is 20.8 Å². The minimum absolute atomic E-state index is 0.0410. The van der Waals surface area contributed by atoms with Crippen molar-refractivity contribution in [2.75, 3.05) is 17.7 Å². The molecule has 0 aliphatic carbocycles. The molecule has 0 aliphatic rings. The lowest BCUT2D eigenvalue weighted by atomic mass is 10.3. The van der Waals surface area contributed by atoms with Gasteiger partial charge in [-0.3, -0.25) is 4.79 Å². The number of anilines is 2. The van der Waals surface area contributed by atoms with Crippen molar-refractivity contribution in [3.05, 3.63) is 35.5 Å².